The van der Waals surface area contributed by atoms with E-state index in [1.807, 2.05) is 0 Å². The van der Waals surface area contributed by atoms with Gasteiger partial charge >= 0.3 is 0 Å². The fourth-order valence-electron chi connectivity index (χ4n) is 3.77. The van der Waals surface area contributed by atoms with E-state index < -0.39 is 5.60 Å². The molecular formula is C13H24N2O. The van der Waals surface area contributed by atoms with Gasteiger partial charge in [0.2, 0.25) is 0 Å². The molecule has 16 heavy (non-hydrogen) atoms. The Morgan fingerprint density at radius 2 is 1.81 bits per heavy atom. The topological polar surface area (TPSA) is 58.3 Å². The van der Waals surface area contributed by atoms with Crippen LogP contribution in [0, 0.1) is 5.92 Å². The van der Waals surface area contributed by atoms with Crippen LogP contribution in [0.4, 0.5) is 0 Å². The van der Waals surface area contributed by atoms with Crippen molar-refractivity contribution in [3.05, 3.63) is 0 Å². The molecule has 2 heterocycles. The number of nitrogens with one attached hydrogen (secondary N) is 1. The first-order valence-corrected chi connectivity index (χ1v) is 6.90. The lowest BCUT2D eigenvalue weighted by Crippen LogP contribution is -2.58. The largest absolute Gasteiger partial charge is 0.388 e. The summed E-state index contributed by atoms with van der Waals surface area (Å²) in [6.07, 6.45) is 9.25. The minimum Gasteiger partial charge on any atom is -0.388 e. The molecule has 0 aromatic carbocycles. The molecule has 3 heteroatoms. The lowest BCUT2D eigenvalue weighted by atomic mass is 9.73. The molecular weight excluding hydrogens is 200 g/mol. The summed E-state index contributed by atoms with van der Waals surface area (Å²) in [4.78, 5) is 0. The Hall–Kier alpha value is -0.120. The average Bonchev–Trinajstić information content (AvgIpc) is 2.52. The van der Waals surface area contributed by atoms with Gasteiger partial charge in [-0.15, -0.1) is 0 Å². The van der Waals surface area contributed by atoms with Crippen LogP contribution in [0.1, 0.15) is 51.4 Å². The van der Waals surface area contributed by atoms with Gasteiger partial charge in [0.05, 0.1) is 5.60 Å². The summed E-state index contributed by atoms with van der Waals surface area (Å²) in [7, 11) is 0. The molecule has 3 unspecified atom stereocenters. The number of rotatable bonds is 3. The van der Waals surface area contributed by atoms with Gasteiger partial charge in [0, 0.05) is 18.1 Å². The van der Waals surface area contributed by atoms with Crippen LogP contribution in [-0.4, -0.2) is 28.8 Å². The molecule has 0 spiro atoms. The maximum atomic E-state index is 10.7. The Kier molecular flexibility index (Phi) is 2.73. The van der Waals surface area contributed by atoms with Gasteiger partial charge in [-0.05, 0) is 38.0 Å². The third-order valence-corrected chi connectivity index (χ3v) is 5.04. The lowest BCUT2D eigenvalue weighted by molar-refractivity contribution is -0.0373. The molecule has 4 N–H and O–H groups in total. The van der Waals surface area contributed by atoms with Gasteiger partial charge in [-0.25, -0.2) is 0 Å². The smallest absolute Gasteiger partial charge is 0.0827 e. The molecule has 2 aliphatic heterocycles. The van der Waals surface area contributed by atoms with Gasteiger partial charge in [0.25, 0.3) is 0 Å². The Labute approximate surface area is 97.8 Å². The Morgan fingerprint density at radius 3 is 2.31 bits per heavy atom. The molecule has 0 aromatic heterocycles. The van der Waals surface area contributed by atoms with Crippen LogP contribution in [0.15, 0.2) is 0 Å². The monoisotopic (exact) mass is 224 g/mol. The Balaban J connectivity index is 1.62. The van der Waals surface area contributed by atoms with E-state index in [0.29, 0.717) is 12.1 Å². The predicted octanol–water partition coefficient (Wildman–Crippen LogP) is 1.15. The van der Waals surface area contributed by atoms with E-state index in [-0.39, 0.29) is 6.04 Å². The van der Waals surface area contributed by atoms with Crippen molar-refractivity contribution in [1.82, 2.24) is 5.32 Å². The molecule has 1 aliphatic carbocycles. The minimum absolute atomic E-state index is 0.00278. The summed E-state index contributed by atoms with van der Waals surface area (Å²) in [6.45, 7) is 0. The Morgan fingerprint density at radius 1 is 1.19 bits per heavy atom. The number of nitrogens with two attached hydrogens (primary N) is 1. The molecule has 0 amide bonds. The third-order valence-electron chi connectivity index (χ3n) is 5.04. The van der Waals surface area contributed by atoms with Crippen LogP contribution in [-0.2, 0) is 0 Å². The fraction of sp³-hybridized carbons (Fsp3) is 1.00. The standard InChI is InChI=1S/C13H24N2O/c14-12(6-9-2-1-3-9)13(16)7-10-4-5-11(8-13)15-10/h9-12,15-16H,1-8,14H2. The van der Waals surface area contributed by atoms with Crippen molar-refractivity contribution in [3.63, 3.8) is 0 Å². The van der Waals surface area contributed by atoms with Gasteiger partial charge in [-0.2, -0.15) is 0 Å². The van der Waals surface area contributed by atoms with E-state index in [2.05, 4.69) is 5.32 Å². The van der Waals surface area contributed by atoms with Gasteiger partial charge in [-0.3, -0.25) is 0 Å². The summed E-state index contributed by atoms with van der Waals surface area (Å²) in [5.41, 5.74) is 5.69. The molecule has 1 saturated carbocycles. The SMILES string of the molecule is NC(CC1CCC1)C1(O)CC2CCC(C1)N2. The molecule has 3 atom stereocenters. The van der Waals surface area contributed by atoms with Crippen LogP contribution in [0.2, 0.25) is 0 Å². The van der Waals surface area contributed by atoms with Crippen molar-refractivity contribution < 1.29 is 5.11 Å². The number of piperidine rings is 1. The van der Waals surface area contributed by atoms with Crippen molar-refractivity contribution in [2.75, 3.05) is 0 Å². The highest BCUT2D eigenvalue weighted by Crippen LogP contribution is 2.39. The van der Waals surface area contributed by atoms with Crippen LogP contribution in [0.3, 0.4) is 0 Å². The second-order valence-electron chi connectivity index (χ2n) is 6.29. The maximum Gasteiger partial charge on any atom is 0.0827 e. The molecule has 3 nitrogen and oxygen atoms in total. The maximum absolute atomic E-state index is 10.7. The van der Waals surface area contributed by atoms with E-state index in [4.69, 9.17) is 5.73 Å². The minimum atomic E-state index is -0.577. The van der Waals surface area contributed by atoms with Crippen molar-refractivity contribution in [2.24, 2.45) is 11.7 Å². The highest BCUT2D eigenvalue weighted by Gasteiger charge is 2.46. The highest BCUT2D eigenvalue weighted by molar-refractivity contribution is 5.04. The van der Waals surface area contributed by atoms with E-state index in [1.54, 1.807) is 0 Å². The molecule has 2 bridgehead atoms. The van der Waals surface area contributed by atoms with Crippen molar-refractivity contribution in [3.8, 4) is 0 Å². The molecule has 3 fully saturated rings. The summed E-state index contributed by atoms with van der Waals surface area (Å²) in [5, 5.41) is 14.3. The molecule has 0 aromatic rings. The first-order valence-electron chi connectivity index (χ1n) is 6.90. The van der Waals surface area contributed by atoms with Gasteiger partial charge in [-0.1, -0.05) is 19.3 Å². The summed E-state index contributed by atoms with van der Waals surface area (Å²) < 4.78 is 0. The third kappa shape index (κ3) is 1.89. The zero-order chi connectivity index (χ0) is 11.2. The average molecular weight is 224 g/mol. The summed E-state index contributed by atoms with van der Waals surface area (Å²) in [6, 6.07) is 1.05. The zero-order valence-electron chi connectivity index (χ0n) is 9.99. The van der Waals surface area contributed by atoms with Crippen molar-refractivity contribution in [1.29, 1.82) is 0 Å². The first kappa shape index (κ1) is 11.0. The van der Waals surface area contributed by atoms with Gasteiger partial charge < -0.3 is 16.2 Å². The van der Waals surface area contributed by atoms with Crippen LogP contribution in [0.25, 0.3) is 0 Å². The van der Waals surface area contributed by atoms with Gasteiger partial charge in [0.15, 0.2) is 0 Å². The molecule has 3 rings (SSSR count). The number of hydrogen-bond donors (Lipinski definition) is 3. The first-order chi connectivity index (χ1) is 7.66. The van der Waals surface area contributed by atoms with Crippen molar-refractivity contribution in [2.45, 2.75) is 75.1 Å². The van der Waals surface area contributed by atoms with E-state index in [0.717, 1.165) is 25.2 Å². The number of aliphatic hydroxyl groups is 1. The van der Waals surface area contributed by atoms with Gasteiger partial charge in [0.1, 0.15) is 0 Å². The second kappa shape index (κ2) is 3.97. The highest BCUT2D eigenvalue weighted by atomic mass is 16.3. The Bertz CT molecular complexity index is 253. The normalized spacial score (nSPS) is 45.4. The predicted molar refractivity (Wildman–Crippen MR) is 64.1 cm³/mol. The van der Waals surface area contributed by atoms with Crippen molar-refractivity contribution >= 4 is 0 Å². The summed E-state index contributed by atoms with van der Waals surface area (Å²) >= 11 is 0. The van der Waals surface area contributed by atoms with Crippen LogP contribution >= 0.6 is 0 Å². The molecule has 2 saturated heterocycles. The second-order valence-corrected chi connectivity index (χ2v) is 6.29. The van der Waals surface area contributed by atoms with Crippen LogP contribution < -0.4 is 11.1 Å². The molecule has 0 radical (unpaired) electrons. The molecule has 3 aliphatic rings. The number of fused-ring (bicyclic) bond motifs is 2. The lowest BCUT2D eigenvalue weighted by Gasteiger charge is -2.43. The van der Waals surface area contributed by atoms with E-state index in [1.165, 1.54) is 32.1 Å². The quantitative estimate of drug-likeness (QED) is 0.674. The summed E-state index contributed by atoms with van der Waals surface area (Å²) in [5.74, 6) is 0.798. The fourth-order valence-corrected chi connectivity index (χ4v) is 3.77. The molecule has 92 valence electrons. The zero-order valence-corrected chi connectivity index (χ0v) is 9.99. The van der Waals surface area contributed by atoms with E-state index >= 15 is 0 Å². The van der Waals surface area contributed by atoms with Crippen LogP contribution in [0.5, 0.6) is 0 Å². The van der Waals surface area contributed by atoms with E-state index in [9.17, 15) is 5.11 Å². The number of hydrogen-bond acceptors (Lipinski definition) is 3.